The van der Waals surface area contributed by atoms with E-state index in [0.29, 0.717) is 9.81 Å². The average molecular weight is 864 g/mol. The Morgan fingerprint density at radius 2 is 0.696 bits per heavy atom. The monoisotopic (exact) mass is 863 g/mol. The van der Waals surface area contributed by atoms with Gasteiger partial charge in [0.2, 0.25) is 0 Å². The summed E-state index contributed by atoms with van der Waals surface area (Å²) in [7, 11) is -12.2. The SMILES string of the molecule is CCN(CC)S(=O)(=O)c1[c-]ccc[c]1[Bi]([c]1ccc[c-]c1S(=O)(=O)N(CC)CC)[c]1ccc[c-]c1S(=O)(=O)N(CC)CC.[Li+].[Li+].[Li+]. The second-order valence-corrected chi connectivity index (χ2v) is 23.1. The minimum atomic E-state index is -4.20. The van der Waals surface area contributed by atoms with Gasteiger partial charge in [0.05, 0.1) is 0 Å². The van der Waals surface area contributed by atoms with Gasteiger partial charge in [0.15, 0.2) is 0 Å². The fourth-order valence-corrected chi connectivity index (χ4v) is 24.6. The number of rotatable bonds is 15. The Labute approximate surface area is 321 Å². The van der Waals surface area contributed by atoms with Crippen molar-refractivity contribution in [3.63, 3.8) is 0 Å². The fourth-order valence-electron chi connectivity index (χ4n) is 4.85. The smallest absolute Gasteiger partial charge is 1.00 e. The molecule has 9 nitrogen and oxygen atoms in total. The fraction of sp³-hybridized carbons (Fsp3) is 0.400. The molecule has 46 heavy (non-hydrogen) atoms. The molecule has 0 aliphatic carbocycles. The third-order valence-electron chi connectivity index (χ3n) is 7.02. The maximum atomic E-state index is 14.0. The Morgan fingerprint density at radius 1 is 0.478 bits per heavy atom. The Hall–Kier alpha value is 0.0653. The van der Waals surface area contributed by atoms with Crippen LogP contribution < -0.4 is 66.4 Å². The van der Waals surface area contributed by atoms with E-state index < -0.39 is 51.8 Å². The summed E-state index contributed by atoms with van der Waals surface area (Å²) in [6.07, 6.45) is 0. The molecule has 0 aliphatic rings. The van der Waals surface area contributed by atoms with Gasteiger partial charge in [-0.1, -0.05) is 0 Å². The van der Waals surface area contributed by atoms with Crippen LogP contribution in [0.25, 0.3) is 0 Å². The van der Waals surface area contributed by atoms with Crippen LogP contribution in [-0.2, 0) is 30.1 Å². The van der Waals surface area contributed by atoms with Crippen LogP contribution in [0.2, 0.25) is 0 Å². The average Bonchev–Trinajstić information content (AvgIpc) is 2.99. The third-order valence-corrected chi connectivity index (χ3v) is 25.0. The largest absolute Gasteiger partial charge is 1.00 e. The van der Waals surface area contributed by atoms with E-state index in [1.54, 1.807) is 77.9 Å². The Balaban J connectivity index is 0.00000675. The molecule has 0 N–H and O–H groups in total. The second-order valence-electron chi connectivity index (χ2n) is 9.26. The predicted molar refractivity (Wildman–Crippen MR) is 171 cm³/mol. The Morgan fingerprint density at radius 3 is 0.891 bits per heavy atom. The minimum Gasteiger partial charge on any atom is 1.00 e. The van der Waals surface area contributed by atoms with Crippen molar-refractivity contribution in [3.8, 4) is 0 Å². The molecular formula is C30H39BiLi3N3O6S3. The van der Waals surface area contributed by atoms with Crippen LogP contribution in [0.15, 0.2) is 69.3 Å². The van der Waals surface area contributed by atoms with Gasteiger partial charge < -0.3 is 0 Å². The van der Waals surface area contributed by atoms with Gasteiger partial charge in [-0.2, -0.15) is 0 Å². The maximum absolute atomic E-state index is 14.0. The Bertz CT molecular complexity index is 1530. The van der Waals surface area contributed by atoms with E-state index >= 15 is 0 Å². The van der Waals surface area contributed by atoms with Crippen LogP contribution in [0, 0.1) is 18.2 Å². The molecule has 0 spiro atoms. The summed E-state index contributed by atoms with van der Waals surface area (Å²) >= 11 is -4.20. The molecule has 16 heteroatoms. The van der Waals surface area contributed by atoms with Gasteiger partial charge in [0.1, 0.15) is 0 Å². The molecule has 3 rings (SSSR count). The van der Waals surface area contributed by atoms with Gasteiger partial charge in [0, 0.05) is 0 Å². The molecule has 0 saturated carbocycles. The van der Waals surface area contributed by atoms with Crippen LogP contribution >= 0.6 is 0 Å². The first-order chi connectivity index (χ1) is 20.4. The van der Waals surface area contributed by atoms with Crippen molar-refractivity contribution in [3.05, 3.63) is 72.8 Å². The first kappa shape index (κ1) is 46.1. The van der Waals surface area contributed by atoms with Crippen molar-refractivity contribution in [1.82, 2.24) is 12.9 Å². The number of hydrogen-bond acceptors (Lipinski definition) is 6. The maximum Gasteiger partial charge on any atom is 1.00 e. The van der Waals surface area contributed by atoms with Crippen LogP contribution in [-0.4, -0.2) is 99.2 Å². The van der Waals surface area contributed by atoms with Gasteiger partial charge in [-0.25, -0.2) is 0 Å². The molecule has 0 aliphatic heterocycles. The summed E-state index contributed by atoms with van der Waals surface area (Å²) in [4.78, 5) is -0.204. The van der Waals surface area contributed by atoms with Gasteiger partial charge in [0.25, 0.3) is 0 Å². The first-order valence-electron chi connectivity index (χ1n) is 14.2. The second kappa shape index (κ2) is 20.0. The molecule has 0 fully saturated rings. The van der Waals surface area contributed by atoms with Crippen LogP contribution in [0.4, 0.5) is 0 Å². The zero-order chi connectivity index (χ0) is 32.0. The van der Waals surface area contributed by atoms with Gasteiger partial charge in [-0.15, -0.1) is 0 Å². The van der Waals surface area contributed by atoms with Gasteiger partial charge >= 0.3 is 325 Å². The van der Waals surface area contributed by atoms with Crippen molar-refractivity contribution in [2.75, 3.05) is 39.3 Å². The summed E-state index contributed by atoms with van der Waals surface area (Å²) in [5.74, 6) is 0. The van der Waals surface area contributed by atoms with E-state index in [1.165, 1.54) is 31.1 Å². The molecule has 3 aromatic carbocycles. The van der Waals surface area contributed by atoms with Crippen molar-refractivity contribution >= 4 is 61.6 Å². The van der Waals surface area contributed by atoms with Crippen molar-refractivity contribution in [1.29, 1.82) is 0 Å². The topological polar surface area (TPSA) is 112 Å². The minimum absolute atomic E-state index is 0. The summed E-state index contributed by atoms with van der Waals surface area (Å²) in [6, 6.07) is 23.3. The number of benzene rings is 3. The van der Waals surface area contributed by atoms with Crippen molar-refractivity contribution in [2.24, 2.45) is 0 Å². The van der Waals surface area contributed by atoms with Crippen LogP contribution in [0.5, 0.6) is 0 Å². The Kier molecular flexibility index (Phi) is 20.1. The molecule has 0 saturated heterocycles. The van der Waals surface area contributed by atoms with Crippen LogP contribution in [0.1, 0.15) is 41.5 Å². The molecule has 0 atom stereocenters. The van der Waals surface area contributed by atoms with Gasteiger partial charge in [-0.3, -0.25) is 0 Å². The molecule has 3 aromatic rings. The van der Waals surface area contributed by atoms with E-state index in [-0.39, 0.29) is 111 Å². The zero-order valence-corrected chi connectivity index (χ0v) is 34.3. The number of sulfonamides is 3. The molecule has 236 valence electrons. The van der Waals surface area contributed by atoms with Crippen molar-refractivity contribution in [2.45, 2.75) is 56.2 Å². The molecule has 0 unspecified atom stereocenters. The molecular weight excluding hydrogens is 824 g/mol. The summed E-state index contributed by atoms with van der Waals surface area (Å²) in [5, 5.41) is 0. The van der Waals surface area contributed by atoms with E-state index in [2.05, 4.69) is 18.2 Å². The molecule has 0 amide bonds. The zero-order valence-electron chi connectivity index (χ0n) is 28.4. The van der Waals surface area contributed by atoms with E-state index in [1.807, 2.05) is 0 Å². The predicted octanol–water partition coefficient (Wildman–Crippen LogP) is -7.29. The molecule has 0 aromatic heterocycles. The molecule has 0 radical (unpaired) electrons. The first-order valence-corrected chi connectivity index (χ1v) is 23.7. The summed E-state index contributed by atoms with van der Waals surface area (Å²) in [6.45, 7) is 11.8. The standard InChI is InChI=1S/3C10H13NO2S.Bi.3Li/c3*1-3-11(4-2)14(12,13)10-8-6-5-7-9-10;;;;/h3*5-7H,3-4H2,1-2H3;;;;/q3*-1;;3*+1. The van der Waals surface area contributed by atoms with Gasteiger partial charge in [-0.05, 0) is 0 Å². The van der Waals surface area contributed by atoms with Crippen LogP contribution in [0.3, 0.4) is 0 Å². The summed E-state index contributed by atoms with van der Waals surface area (Å²) < 4.78 is 89.2. The molecule has 0 heterocycles. The number of hydrogen-bond donors (Lipinski definition) is 0. The summed E-state index contributed by atoms with van der Waals surface area (Å²) in [5.41, 5.74) is 0. The van der Waals surface area contributed by atoms with E-state index in [4.69, 9.17) is 0 Å². The number of nitrogens with zero attached hydrogens (tertiary/aromatic N) is 3. The third kappa shape index (κ3) is 9.44. The van der Waals surface area contributed by atoms with Crippen molar-refractivity contribution < 1.29 is 81.8 Å². The van der Waals surface area contributed by atoms with E-state index in [0.717, 1.165) is 0 Å². The normalized spacial score (nSPS) is 12.1. The molecule has 0 bridgehead atoms. The van der Waals surface area contributed by atoms with E-state index in [9.17, 15) is 25.3 Å². The quantitative estimate of drug-likeness (QED) is 0.111.